The van der Waals surface area contributed by atoms with Gasteiger partial charge in [0, 0.05) is 4.90 Å². The van der Waals surface area contributed by atoms with Gasteiger partial charge in [-0.1, -0.05) is 83.2 Å². The molecule has 0 aliphatic heterocycles. The van der Waals surface area contributed by atoms with Gasteiger partial charge in [-0.05, 0) is 80.6 Å². The Morgan fingerprint density at radius 2 is 1.31 bits per heavy atom. The second-order valence-corrected chi connectivity index (χ2v) is 10.9. The van der Waals surface area contributed by atoms with Crippen molar-refractivity contribution in [2.45, 2.75) is 63.2 Å². The zero-order valence-electron chi connectivity index (χ0n) is 18.4. The largest absolute Gasteiger partial charge is 0.126 e. The Kier molecular flexibility index (Phi) is 5.38. The van der Waals surface area contributed by atoms with E-state index >= 15 is 0 Å². The van der Waals surface area contributed by atoms with Crippen LogP contribution in [0.2, 0.25) is 0 Å². The highest BCUT2D eigenvalue weighted by atomic mass is 32.2. The van der Waals surface area contributed by atoms with Crippen molar-refractivity contribution in [3.8, 4) is 0 Å². The van der Waals surface area contributed by atoms with E-state index in [1.165, 1.54) is 50.8 Å². The molecule has 3 aromatic carbocycles. The van der Waals surface area contributed by atoms with Crippen molar-refractivity contribution in [1.29, 1.82) is 0 Å². The van der Waals surface area contributed by atoms with Crippen molar-refractivity contribution in [1.82, 2.24) is 0 Å². The quantitative estimate of drug-likeness (QED) is 0.312. The minimum Gasteiger partial charge on any atom is -0.126 e. The monoisotopic (exact) mass is 400 g/mol. The van der Waals surface area contributed by atoms with E-state index < -0.39 is 0 Å². The van der Waals surface area contributed by atoms with Crippen molar-refractivity contribution in [3.63, 3.8) is 0 Å². The molecule has 0 spiro atoms. The molecule has 1 aliphatic rings. The normalized spacial score (nSPS) is 17.6. The van der Waals surface area contributed by atoms with Gasteiger partial charge in [0.15, 0.2) is 0 Å². The summed E-state index contributed by atoms with van der Waals surface area (Å²) in [5, 5.41) is 2.62. The van der Waals surface area contributed by atoms with Gasteiger partial charge in [0.05, 0.1) is 0 Å². The number of rotatable bonds is 4. The third-order valence-corrected chi connectivity index (χ3v) is 7.37. The van der Waals surface area contributed by atoms with Crippen LogP contribution in [0.5, 0.6) is 0 Å². The van der Waals surface area contributed by atoms with E-state index in [0.29, 0.717) is 0 Å². The molecule has 0 aromatic heterocycles. The smallest absolute Gasteiger partial charge is 0.00782 e. The first-order valence-corrected chi connectivity index (χ1v) is 11.8. The van der Waals surface area contributed by atoms with Crippen LogP contribution < -0.4 is 0 Å². The Hall–Kier alpha value is -1.99. The first-order chi connectivity index (χ1) is 13.8. The lowest BCUT2D eigenvalue weighted by Crippen LogP contribution is -2.33. The van der Waals surface area contributed by atoms with Crippen LogP contribution in [0.4, 0.5) is 0 Å². The molecule has 0 heterocycles. The van der Waals surface area contributed by atoms with Crippen molar-refractivity contribution >= 4 is 34.7 Å². The molecule has 0 amide bonds. The van der Waals surface area contributed by atoms with E-state index in [0.717, 1.165) is 5.75 Å². The molecule has 0 radical (unpaired) electrons. The number of hydrogen-bond donors (Lipinski definition) is 0. The van der Waals surface area contributed by atoms with Gasteiger partial charge in [0.1, 0.15) is 0 Å². The highest BCUT2D eigenvalue weighted by Crippen LogP contribution is 2.46. The second kappa shape index (κ2) is 7.69. The van der Waals surface area contributed by atoms with Gasteiger partial charge in [-0.3, -0.25) is 0 Å². The third-order valence-electron chi connectivity index (χ3n) is 6.49. The highest BCUT2D eigenvalue weighted by Gasteiger charge is 2.36. The van der Waals surface area contributed by atoms with Crippen LogP contribution in [-0.2, 0) is 10.8 Å². The van der Waals surface area contributed by atoms with E-state index in [4.69, 9.17) is 0 Å². The van der Waals surface area contributed by atoms with Gasteiger partial charge < -0.3 is 0 Å². The van der Waals surface area contributed by atoms with Gasteiger partial charge >= 0.3 is 0 Å². The van der Waals surface area contributed by atoms with Crippen molar-refractivity contribution < 1.29 is 0 Å². The van der Waals surface area contributed by atoms with Crippen molar-refractivity contribution in [2.24, 2.45) is 0 Å². The van der Waals surface area contributed by atoms with Gasteiger partial charge in [-0.15, -0.1) is 11.8 Å². The summed E-state index contributed by atoms with van der Waals surface area (Å²) in [6, 6.07) is 20.6. The Balaban J connectivity index is 1.63. The Morgan fingerprint density at radius 1 is 0.724 bits per heavy atom. The Labute approximate surface area is 180 Å². The Morgan fingerprint density at radius 3 is 2.03 bits per heavy atom. The van der Waals surface area contributed by atoms with Crippen LogP contribution in [0.3, 0.4) is 0 Å². The maximum atomic E-state index is 2.42. The number of fused-ring (bicyclic) bond motifs is 2. The molecule has 4 rings (SSSR count). The topological polar surface area (TPSA) is 0 Å². The molecule has 0 bridgehead atoms. The second-order valence-electron chi connectivity index (χ2n) is 9.61. The number of benzene rings is 3. The predicted molar refractivity (Wildman–Crippen MR) is 131 cm³/mol. The first-order valence-electron chi connectivity index (χ1n) is 10.8. The summed E-state index contributed by atoms with van der Waals surface area (Å²) in [4.78, 5) is 1.35. The molecular formula is C28H32S. The lowest BCUT2D eigenvalue weighted by Gasteiger charge is -2.42. The minimum absolute atomic E-state index is 0.256. The number of thioether (sulfide) groups is 1. The SMILES string of the molecule is CCSc1ccc2cc(C=Cc3ccc4c(c3)C(C)(C)CCC4(C)C)ccc2c1. The summed E-state index contributed by atoms with van der Waals surface area (Å²) in [6.07, 6.45) is 7.03. The zero-order valence-corrected chi connectivity index (χ0v) is 19.2. The summed E-state index contributed by atoms with van der Waals surface area (Å²) in [7, 11) is 0. The molecule has 0 saturated carbocycles. The molecule has 0 fully saturated rings. The van der Waals surface area contributed by atoms with E-state index in [1.807, 2.05) is 11.8 Å². The average molecular weight is 401 g/mol. The molecule has 3 aromatic rings. The van der Waals surface area contributed by atoms with Crippen LogP contribution in [0.1, 0.15) is 69.7 Å². The molecule has 0 nitrogen and oxygen atoms in total. The predicted octanol–water partition coefficient (Wildman–Crippen LogP) is 8.47. The fraction of sp³-hybridized carbons (Fsp3) is 0.357. The maximum absolute atomic E-state index is 2.42. The fourth-order valence-corrected chi connectivity index (χ4v) is 5.21. The van der Waals surface area contributed by atoms with Crippen LogP contribution in [0.15, 0.2) is 59.5 Å². The summed E-state index contributed by atoms with van der Waals surface area (Å²) < 4.78 is 0. The molecule has 150 valence electrons. The van der Waals surface area contributed by atoms with E-state index in [-0.39, 0.29) is 10.8 Å². The first kappa shape index (κ1) is 20.3. The van der Waals surface area contributed by atoms with Crippen molar-refractivity contribution in [3.05, 3.63) is 76.9 Å². The van der Waals surface area contributed by atoms with Gasteiger partial charge in [-0.25, -0.2) is 0 Å². The summed E-state index contributed by atoms with van der Waals surface area (Å²) in [6.45, 7) is 11.8. The van der Waals surface area contributed by atoms with Gasteiger partial charge in [0.25, 0.3) is 0 Å². The molecule has 0 atom stereocenters. The van der Waals surface area contributed by atoms with E-state index in [2.05, 4.69) is 101 Å². The molecule has 0 unspecified atom stereocenters. The van der Waals surface area contributed by atoms with Crippen LogP contribution in [0.25, 0.3) is 22.9 Å². The van der Waals surface area contributed by atoms with E-state index in [9.17, 15) is 0 Å². The van der Waals surface area contributed by atoms with Gasteiger partial charge in [-0.2, -0.15) is 0 Å². The summed E-state index contributed by atoms with van der Waals surface area (Å²) >= 11 is 1.90. The number of hydrogen-bond acceptors (Lipinski definition) is 1. The summed E-state index contributed by atoms with van der Waals surface area (Å²) in [5.74, 6) is 1.11. The molecule has 1 heteroatoms. The lowest BCUT2D eigenvalue weighted by molar-refractivity contribution is 0.332. The molecule has 29 heavy (non-hydrogen) atoms. The van der Waals surface area contributed by atoms with Gasteiger partial charge in [0.2, 0.25) is 0 Å². The Bertz CT molecular complexity index is 1070. The maximum Gasteiger partial charge on any atom is 0.00782 e. The minimum atomic E-state index is 0.256. The molecule has 0 N–H and O–H groups in total. The van der Waals surface area contributed by atoms with Crippen LogP contribution >= 0.6 is 11.8 Å². The fourth-order valence-electron chi connectivity index (χ4n) is 4.50. The zero-order chi connectivity index (χ0) is 20.6. The van der Waals surface area contributed by atoms with Crippen molar-refractivity contribution in [2.75, 3.05) is 5.75 Å². The van der Waals surface area contributed by atoms with Crippen LogP contribution in [-0.4, -0.2) is 5.75 Å². The highest BCUT2D eigenvalue weighted by molar-refractivity contribution is 7.99. The molecule has 1 aliphatic carbocycles. The third kappa shape index (κ3) is 4.16. The average Bonchev–Trinajstić information content (AvgIpc) is 2.70. The summed E-state index contributed by atoms with van der Waals surface area (Å²) in [5.41, 5.74) is 6.13. The standard InChI is InChI=1S/C28H32S/c1-6-29-24-13-12-22-17-20(9-11-23(22)19-24)7-8-21-10-14-25-26(18-21)28(4,5)16-15-27(25,2)3/h7-14,17-19H,6,15-16H2,1-5H3. The molecular weight excluding hydrogens is 368 g/mol. The van der Waals surface area contributed by atoms with Crippen LogP contribution in [0, 0.1) is 0 Å². The van der Waals surface area contributed by atoms with E-state index in [1.54, 1.807) is 0 Å². The molecule has 0 saturated heterocycles. The lowest BCUT2D eigenvalue weighted by atomic mass is 9.63.